The summed E-state index contributed by atoms with van der Waals surface area (Å²) in [5, 5.41) is 0.309. The summed E-state index contributed by atoms with van der Waals surface area (Å²) in [5.74, 6) is -2.03. The summed E-state index contributed by atoms with van der Waals surface area (Å²) in [7, 11) is -2.19. The molecule has 1 heterocycles. The van der Waals surface area contributed by atoms with Crippen molar-refractivity contribution in [3.05, 3.63) is 35.4 Å². The van der Waals surface area contributed by atoms with E-state index in [9.17, 15) is 17.2 Å². The van der Waals surface area contributed by atoms with Crippen LogP contribution in [0.3, 0.4) is 0 Å². The molecule has 2 unspecified atom stereocenters. The first kappa shape index (κ1) is 17.7. The van der Waals surface area contributed by atoms with Gasteiger partial charge in [-0.25, -0.2) is 21.9 Å². The molecule has 134 valence electrons. The highest BCUT2D eigenvalue weighted by Crippen LogP contribution is 2.35. The van der Waals surface area contributed by atoms with Crippen LogP contribution < -0.4 is 4.72 Å². The van der Waals surface area contributed by atoms with Crippen LogP contribution in [0.4, 0.5) is 8.78 Å². The third-order valence-corrected chi connectivity index (χ3v) is 6.67. The van der Waals surface area contributed by atoms with Crippen LogP contribution in [0.2, 0.25) is 0 Å². The third kappa shape index (κ3) is 3.46. The topological polar surface area (TPSA) is 58.6 Å². The molecule has 0 aromatic heterocycles. The molecule has 0 radical (unpaired) electrons. The Bertz CT molecular complexity index is 693. The summed E-state index contributed by atoms with van der Waals surface area (Å²) in [6, 6.07) is 2.81. The van der Waals surface area contributed by atoms with Crippen LogP contribution in [0.25, 0.3) is 0 Å². The zero-order valence-corrected chi connectivity index (χ0v) is 14.4. The van der Waals surface area contributed by atoms with E-state index in [-0.39, 0.29) is 18.2 Å². The minimum atomic E-state index is -3.73. The lowest BCUT2D eigenvalue weighted by Gasteiger charge is -2.27. The molecule has 1 aromatic rings. The highest BCUT2D eigenvalue weighted by atomic mass is 32.2. The lowest BCUT2D eigenvalue weighted by atomic mass is 9.96. The molecule has 2 aliphatic rings. The summed E-state index contributed by atoms with van der Waals surface area (Å²) in [6.45, 7) is -0.0842. The molecule has 1 aromatic carbocycles. The first-order chi connectivity index (χ1) is 11.4. The Kier molecular flexibility index (Phi) is 5.19. The number of benzene rings is 1. The van der Waals surface area contributed by atoms with E-state index >= 15 is 0 Å². The van der Waals surface area contributed by atoms with Gasteiger partial charge >= 0.3 is 0 Å². The largest absolute Gasteiger partial charge is 0.297 e. The predicted molar refractivity (Wildman–Crippen MR) is 85.5 cm³/mol. The Balaban J connectivity index is 1.86. The van der Waals surface area contributed by atoms with Gasteiger partial charge in [0.15, 0.2) is 11.6 Å². The standard InChI is InChI=1S/C16H22F2N2O3S/c1-20-16(12-8-5-9-13(17)15(12)18)14(10-23-20)24(21,22)19-11-6-3-2-4-7-11/h5,8-9,11,14,16,19H,2-4,6-7,10H2,1H3. The fourth-order valence-electron chi connectivity index (χ4n) is 3.54. The Morgan fingerprint density at radius 2 is 1.92 bits per heavy atom. The molecule has 2 atom stereocenters. The highest BCUT2D eigenvalue weighted by molar-refractivity contribution is 7.90. The van der Waals surface area contributed by atoms with E-state index in [4.69, 9.17) is 4.84 Å². The van der Waals surface area contributed by atoms with Gasteiger partial charge in [0.25, 0.3) is 0 Å². The summed E-state index contributed by atoms with van der Waals surface area (Å²) < 4.78 is 56.1. The number of nitrogens with zero attached hydrogens (tertiary/aromatic N) is 1. The van der Waals surface area contributed by atoms with Crippen LogP contribution >= 0.6 is 0 Å². The maximum absolute atomic E-state index is 14.2. The molecule has 1 saturated heterocycles. The number of sulfonamides is 1. The molecule has 1 N–H and O–H groups in total. The van der Waals surface area contributed by atoms with Gasteiger partial charge in [-0.1, -0.05) is 31.4 Å². The minimum absolute atomic E-state index is 0.00554. The summed E-state index contributed by atoms with van der Waals surface area (Å²) >= 11 is 0. The molecule has 1 aliphatic carbocycles. The molecule has 2 fully saturated rings. The molecular formula is C16H22F2N2O3S. The average molecular weight is 360 g/mol. The minimum Gasteiger partial charge on any atom is -0.297 e. The molecule has 0 amide bonds. The Hall–Kier alpha value is -1.09. The first-order valence-corrected chi connectivity index (χ1v) is 9.75. The molecule has 24 heavy (non-hydrogen) atoms. The number of hydroxylamine groups is 2. The van der Waals surface area contributed by atoms with Gasteiger partial charge in [-0.15, -0.1) is 0 Å². The molecule has 5 nitrogen and oxygen atoms in total. The zero-order valence-electron chi connectivity index (χ0n) is 13.5. The second-order valence-corrected chi connectivity index (χ2v) is 8.40. The summed E-state index contributed by atoms with van der Waals surface area (Å²) in [6.07, 6.45) is 4.72. The van der Waals surface area contributed by atoms with Crippen molar-refractivity contribution in [2.45, 2.75) is 49.4 Å². The van der Waals surface area contributed by atoms with Crippen LogP contribution in [-0.4, -0.2) is 38.4 Å². The van der Waals surface area contributed by atoms with Crippen LogP contribution in [0.5, 0.6) is 0 Å². The number of hydrogen-bond donors (Lipinski definition) is 1. The van der Waals surface area contributed by atoms with Gasteiger partial charge in [-0.3, -0.25) is 4.84 Å². The van der Waals surface area contributed by atoms with E-state index in [2.05, 4.69) is 4.72 Å². The predicted octanol–water partition coefficient (Wildman–Crippen LogP) is 2.50. The second-order valence-electron chi connectivity index (χ2n) is 6.47. The zero-order chi connectivity index (χ0) is 17.3. The number of hydrogen-bond acceptors (Lipinski definition) is 4. The van der Waals surface area contributed by atoms with Crippen molar-refractivity contribution in [1.82, 2.24) is 9.79 Å². The van der Waals surface area contributed by atoms with E-state index in [0.29, 0.717) is 0 Å². The van der Waals surface area contributed by atoms with Gasteiger partial charge in [0, 0.05) is 18.7 Å². The second kappa shape index (κ2) is 7.03. The van der Waals surface area contributed by atoms with Gasteiger partial charge in [0.05, 0.1) is 12.6 Å². The quantitative estimate of drug-likeness (QED) is 0.896. The van der Waals surface area contributed by atoms with Gasteiger partial charge < -0.3 is 0 Å². The van der Waals surface area contributed by atoms with E-state index in [0.717, 1.165) is 38.2 Å². The smallest absolute Gasteiger partial charge is 0.219 e. The van der Waals surface area contributed by atoms with E-state index < -0.39 is 32.9 Å². The Morgan fingerprint density at radius 3 is 2.62 bits per heavy atom. The number of halogens is 2. The van der Waals surface area contributed by atoms with E-state index in [1.165, 1.54) is 24.2 Å². The lowest BCUT2D eigenvalue weighted by Crippen LogP contribution is -2.44. The molecule has 3 rings (SSSR count). The van der Waals surface area contributed by atoms with Crippen LogP contribution in [-0.2, 0) is 14.9 Å². The van der Waals surface area contributed by atoms with Crippen molar-refractivity contribution in [2.24, 2.45) is 0 Å². The fraction of sp³-hybridized carbons (Fsp3) is 0.625. The lowest BCUT2D eigenvalue weighted by molar-refractivity contribution is -0.111. The molecule has 0 bridgehead atoms. The number of nitrogens with one attached hydrogen (secondary N) is 1. The van der Waals surface area contributed by atoms with Crippen molar-refractivity contribution in [2.75, 3.05) is 13.7 Å². The SMILES string of the molecule is CN1OCC(S(=O)(=O)NC2CCCCC2)C1c1cccc(F)c1F. The molecule has 0 spiro atoms. The maximum atomic E-state index is 14.2. The van der Waals surface area contributed by atoms with Gasteiger partial charge in [0.2, 0.25) is 10.0 Å². The van der Waals surface area contributed by atoms with Crippen LogP contribution in [0, 0.1) is 11.6 Å². The molecule has 8 heteroatoms. The summed E-state index contributed by atoms with van der Waals surface area (Å²) in [4.78, 5) is 5.33. The monoisotopic (exact) mass is 360 g/mol. The van der Waals surface area contributed by atoms with E-state index in [1.54, 1.807) is 0 Å². The van der Waals surface area contributed by atoms with E-state index in [1.807, 2.05) is 0 Å². The average Bonchev–Trinajstić information content (AvgIpc) is 2.93. The van der Waals surface area contributed by atoms with Crippen LogP contribution in [0.1, 0.15) is 43.7 Å². The number of rotatable bonds is 4. The van der Waals surface area contributed by atoms with Crippen molar-refractivity contribution in [1.29, 1.82) is 0 Å². The fourth-order valence-corrected chi connectivity index (χ4v) is 5.31. The summed E-state index contributed by atoms with van der Waals surface area (Å²) in [5.41, 5.74) is -0.00554. The first-order valence-electron chi connectivity index (χ1n) is 8.21. The normalized spacial score (nSPS) is 26.8. The van der Waals surface area contributed by atoms with Crippen molar-refractivity contribution in [3.8, 4) is 0 Å². The molecular weight excluding hydrogens is 338 g/mol. The Morgan fingerprint density at radius 1 is 1.21 bits per heavy atom. The molecule has 1 aliphatic heterocycles. The highest BCUT2D eigenvalue weighted by Gasteiger charge is 2.45. The van der Waals surface area contributed by atoms with Crippen LogP contribution in [0.15, 0.2) is 18.2 Å². The van der Waals surface area contributed by atoms with Crippen molar-refractivity contribution >= 4 is 10.0 Å². The third-order valence-electron chi connectivity index (χ3n) is 4.82. The van der Waals surface area contributed by atoms with Crippen molar-refractivity contribution < 1.29 is 22.0 Å². The molecule has 1 saturated carbocycles. The van der Waals surface area contributed by atoms with Gasteiger partial charge in [0.1, 0.15) is 5.25 Å². The van der Waals surface area contributed by atoms with Gasteiger partial charge in [-0.05, 0) is 18.9 Å². The van der Waals surface area contributed by atoms with Gasteiger partial charge in [-0.2, -0.15) is 5.06 Å². The van der Waals surface area contributed by atoms with Crippen molar-refractivity contribution in [3.63, 3.8) is 0 Å². The Labute approximate surface area is 141 Å². The maximum Gasteiger partial charge on any atom is 0.219 e.